The van der Waals surface area contributed by atoms with Crippen LogP contribution in [0.1, 0.15) is 5.56 Å². The molecule has 0 radical (unpaired) electrons. The van der Waals surface area contributed by atoms with E-state index in [4.69, 9.17) is 0 Å². The monoisotopic (exact) mass is 258 g/mol. The van der Waals surface area contributed by atoms with Gasteiger partial charge in [0, 0.05) is 0 Å². The first-order valence-corrected chi connectivity index (χ1v) is 5.56. The van der Waals surface area contributed by atoms with E-state index in [9.17, 15) is 12.9 Å². The molecule has 0 nitrogen and oxygen atoms in total. The molecule has 0 aliphatic rings. The van der Waals surface area contributed by atoms with E-state index in [1.807, 2.05) is 30.3 Å². The molecule has 0 saturated carbocycles. The van der Waals surface area contributed by atoms with E-state index in [1.165, 1.54) is 0 Å². The van der Waals surface area contributed by atoms with Crippen LogP contribution < -0.4 is 51.4 Å². The second-order valence-electron chi connectivity index (χ2n) is 3.02. The average molecular weight is 258 g/mol. The average Bonchev–Trinajstić information content (AvgIpc) is 2.13. The molecule has 0 aromatic heterocycles. The maximum absolute atomic E-state index is 11.8. The van der Waals surface area contributed by atoms with Crippen LogP contribution in [-0.2, 0) is 6.42 Å². The summed E-state index contributed by atoms with van der Waals surface area (Å²) in [5.41, 5.74) is 0.405. The topological polar surface area (TPSA) is 0 Å². The predicted molar refractivity (Wildman–Crippen MR) is 56.5 cm³/mol. The van der Waals surface area contributed by atoms with Gasteiger partial charge in [0.25, 0.3) is 0 Å². The van der Waals surface area contributed by atoms with Gasteiger partial charge in [0.15, 0.2) is 0 Å². The molecule has 1 rings (SSSR count). The van der Waals surface area contributed by atoms with Crippen LogP contribution in [0.2, 0.25) is 0 Å². The van der Waals surface area contributed by atoms with Gasteiger partial charge in [-0.15, -0.1) is 0 Å². The van der Waals surface area contributed by atoms with E-state index in [-0.39, 0.29) is 51.4 Å². The number of rotatable bonds is 5. The first kappa shape index (κ1) is 16.1. The summed E-state index contributed by atoms with van der Waals surface area (Å²) in [5, 5.41) is 0. The number of hydrogen-bond donors (Lipinski definition) is 0. The Labute approximate surface area is 135 Å². The quantitative estimate of drug-likeness (QED) is 0.542. The predicted octanol–water partition coefficient (Wildman–Crippen LogP) is 0.353. The Balaban J connectivity index is 0.00000196. The Kier molecular flexibility index (Phi) is 8.78. The summed E-state index contributed by atoms with van der Waals surface area (Å²) in [6, 6.07) is 9.55. The zero-order chi connectivity index (χ0) is 10.4. The Morgan fingerprint density at radius 3 is 2.20 bits per heavy atom. The summed E-state index contributed by atoms with van der Waals surface area (Å²) < 4.78 is 35.5. The summed E-state index contributed by atoms with van der Waals surface area (Å²) in [4.78, 5) is 0. The molecule has 1 aromatic carbocycles. The van der Waals surface area contributed by atoms with Gasteiger partial charge in [-0.1, -0.05) is 30.3 Å². The third-order valence-electron chi connectivity index (χ3n) is 1.68. The molecule has 0 atom stereocenters. The fourth-order valence-corrected chi connectivity index (χ4v) is 1.87. The van der Waals surface area contributed by atoms with Crippen LogP contribution in [-0.4, -0.2) is 18.4 Å². The Morgan fingerprint density at radius 2 is 1.67 bits per heavy atom. The molecule has 0 bridgehead atoms. The first-order chi connectivity index (χ1) is 6.58. The van der Waals surface area contributed by atoms with Crippen molar-refractivity contribution in [3.63, 3.8) is 0 Å². The molecule has 0 amide bonds. The number of benzene rings is 1. The van der Waals surface area contributed by atoms with Gasteiger partial charge in [-0.3, -0.25) is 0 Å². The molecular weight excluding hydrogens is 247 g/mol. The summed E-state index contributed by atoms with van der Waals surface area (Å²) >= 11 is 0.958. The van der Waals surface area contributed by atoms with Crippen molar-refractivity contribution in [3.8, 4) is 0 Å². The molecule has 0 aliphatic heterocycles. The van der Waals surface area contributed by atoms with Crippen LogP contribution in [0, 0.1) is 0 Å². The van der Waals surface area contributed by atoms with Gasteiger partial charge in [-0.05, 0) is 23.4 Å². The molecule has 15 heavy (non-hydrogen) atoms. The van der Waals surface area contributed by atoms with Gasteiger partial charge < -0.3 is 12.9 Å². The molecule has 78 valence electrons. The van der Waals surface area contributed by atoms with E-state index in [0.717, 1.165) is 17.3 Å². The van der Waals surface area contributed by atoms with Gasteiger partial charge in [-0.25, -0.2) is 0 Å². The number of aryl methyl sites for hydroxylation is 1. The fraction of sp³-hybridized carbons (Fsp3) is 0.333. The number of thioether (sulfide) groups is 1. The van der Waals surface area contributed by atoms with E-state index in [0.29, 0.717) is 12.2 Å². The number of halogens is 3. The van der Waals surface area contributed by atoms with Crippen molar-refractivity contribution < 1.29 is 64.3 Å². The van der Waals surface area contributed by atoms with Gasteiger partial charge in [0.2, 0.25) is 0 Å². The van der Waals surface area contributed by atoms with Gasteiger partial charge in [0.1, 0.15) is 0 Å². The van der Waals surface area contributed by atoms with E-state index in [2.05, 4.69) is 0 Å². The molecule has 0 spiro atoms. The van der Waals surface area contributed by atoms with Gasteiger partial charge in [0.05, 0.1) is 0 Å². The van der Waals surface area contributed by atoms with Crippen LogP contribution >= 0.6 is 11.8 Å². The molecule has 0 aliphatic carbocycles. The Bertz CT molecular complexity index is 266. The zero-order valence-electron chi connectivity index (χ0n) is 8.63. The van der Waals surface area contributed by atoms with Gasteiger partial charge >= 0.3 is 58.4 Å². The smallest absolute Gasteiger partial charge is 0.448 e. The standard InChI is InChI=1S/C9H11BF3S.K/c11-10(12,13)8-14-7-6-9-4-2-1-3-5-9;/h1-5H,6-8H2;/q-1;+1. The Morgan fingerprint density at radius 1 is 1.07 bits per heavy atom. The molecule has 0 saturated heterocycles. The van der Waals surface area contributed by atoms with Crippen molar-refractivity contribution >= 4 is 18.7 Å². The number of hydrogen-bond acceptors (Lipinski definition) is 1. The summed E-state index contributed by atoms with van der Waals surface area (Å²) in [5.74, 6) is 0.533. The Hall–Kier alpha value is 1.06. The van der Waals surface area contributed by atoms with Crippen LogP contribution in [0.25, 0.3) is 0 Å². The van der Waals surface area contributed by atoms with Crippen LogP contribution in [0.4, 0.5) is 12.9 Å². The summed E-state index contributed by atoms with van der Waals surface area (Å²) in [7, 11) is 0. The zero-order valence-corrected chi connectivity index (χ0v) is 12.6. The maximum atomic E-state index is 11.8. The van der Waals surface area contributed by atoms with Crippen molar-refractivity contribution in [1.29, 1.82) is 0 Å². The van der Waals surface area contributed by atoms with Crippen molar-refractivity contribution in [2.24, 2.45) is 0 Å². The van der Waals surface area contributed by atoms with Crippen molar-refractivity contribution in [3.05, 3.63) is 35.9 Å². The second-order valence-corrected chi connectivity index (χ2v) is 4.17. The second kappa shape index (κ2) is 8.20. The molecule has 0 fully saturated rings. The molecule has 0 N–H and O–H groups in total. The van der Waals surface area contributed by atoms with E-state index >= 15 is 0 Å². The minimum absolute atomic E-state index is 0. The molecular formula is C9H11BF3KS. The summed E-state index contributed by atoms with van der Waals surface area (Å²) in [6.45, 7) is -4.62. The minimum atomic E-state index is -4.62. The molecule has 1 aromatic rings. The van der Waals surface area contributed by atoms with Crippen molar-refractivity contribution in [1.82, 2.24) is 0 Å². The van der Waals surface area contributed by atoms with Gasteiger partial charge in [-0.2, -0.15) is 11.8 Å². The fourth-order valence-electron chi connectivity index (χ4n) is 1.05. The summed E-state index contributed by atoms with van der Waals surface area (Å²) in [6.07, 6.45) is 0.706. The van der Waals surface area contributed by atoms with Crippen LogP contribution in [0.15, 0.2) is 30.3 Å². The van der Waals surface area contributed by atoms with Crippen LogP contribution in [0.5, 0.6) is 0 Å². The van der Waals surface area contributed by atoms with Crippen molar-refractivity contribution in [2.75, 3.05) is 11.4 Å². The van der Waals surface area contributed by atoms with E-state index < -0.39 is 12.6 Å². The third-order valence-corrected chi connectivity index (χ3v) is 2.79. The molecule has 0 heterocycles. The van der Waals surface area contributed by atoms with E-state index in [1.54, 1.807) is 0 Å². The minimum Gasteiger partial charge on any atom is -0.448 e. The van der Waals surface area contributed by atoms with Crippen molar-refractivity contribution in [2.45, 2.75) is 6.42 Å². The third kappa shape index (κ3) is 8.83. The SMILES string of the molecule is F[B-](F)(F)CSCCc1ccccc1.[K+]. The molecule has 6 heteroatoms. The van der Waals surface area contributed by atoms with Crippen LogP contribution in [0.3, 0.4) is 0 Å². The maximum Gasteiger partial charge on any atom is 1.00 e. The largest absolute Gasteiger partial charge is 1.00 e. The normalized spacial score (nSPS) is 10.9. The first-order valence-electron chi connectivity index (χ1n) is 4.40. The molecule has 0 unspecified atom stereocenters.